The van der Waals surface area contributed by atoms with Gasteiger partial charge < -0.3 is 4.74 Å². The molecule has 28 heavy (non-hydrogen) atoms. The number of benzene rings is 2. The smallest absolute Gasteiger partial charge is 0.417 e. The highest BCUT2D eigenvalue weighted by molar-refractivity contribution is 14.1. The monoisotopic (exact) mass is 491 g/mol. The topological polar surface area (TPSA) is 46.6 Å². The molecule has 2 amide bonds. The van der Waals surface area contributed by atoms with Crippen molar-refractivity contribution in [3.05, 3.63) is 81.4 Å². The Morgan fingerprint density at radius 2 is 1.68 bits per heavy atom. The van der Waals surface area contributed by atoms with E-state index in [4.69, 9.17) is 4.74 Å². The Morgan fingerprint density at radius 1 is 1.07 bits per heavy atom. The van der Waals surface area contributed by atoms with E-state index in [1.165, 1.54) is 4.90 Å². The summed E-state index contributed by atoms with van der Waals surface area (Å²) in [7, 11) is 0. The number of carbonyl (C=O) groups is 2. The minimum atomic E-state index is -0.702. The summed E-state index contributed by atoms with van der Waals surface area (Å²) in [5, 5.41) is 0. The van der Waals surface area contributed by atoms with Crippen LogP contribution in [0.5, 0.6) is 0 Å². The molecule has 0 aliphatic heterocycles. The van der Waals surface area contributed by atoms with Gasteiger partial charge in [-0.15, -0.1) is 0 Å². The van der Waals surface area contributed by atoms with Gasteiger partial charge in [0.25, 0.3) is 5.91 Å². The van der Waals surface area contributed by atoms with Crippen LogP contribution in [-0.4, -0.2) is 28.5 Å². The molecule has 0 heterocycles. The second-order valence-corrected chi connectivity index (χ2v) is 8.58. The van der Waals surface area contributed by atoms with Crippen LogP contribution in [0.2, 0.25) is 0 Å². The first-order valence-electron chi connectivity index (χ1n) is 9.20. The van der Waals surface area contributed by atoms with E-state index in [9.17, 15) is 9.59 Å². The number of amides is 2. The van der Waals surface area contributed by atoms with Crippen molar-refractivity contribution in [1.29, 1.82) is 0 Å². The summed E-state index contributed by atoms with van der Waals surface area (Å²) in [5.74, 6) is -0.363. The molecule has 0 N–H and O–H groups in total. The molecule has 0 spiro atoms. The van der Waals surface area contributed by atoms with Gasteiger partial charge in [0, 0.05) is 3.57 Å². The Hall–Kier alpha value is -2.15. The molecule has 0 radical (unpaired) electrons. The molecule has 0 aliphatic rings. The van der Waals surface area contributed by atoms with E-state index in [0.717, 1.165) is 9.13 Å². The van der Waals surface area contributed by atoms with Crippen LogP contribution >= 0.6 is 22.6 Å². The van der Waals surface area contributed by atoms with Crippen LogP contribution in [0.15, 0.2) is 66.7 Å². The van der Waals surface area contributed by atoms with Crippen LogP contribution in [-0.2, 0) is 11.2 Å². The van der Waals surface area contributed by atoms with Gasteiger partial charge >= 0.3 is 6.09 Å². The maximum Gasteiger partial charge on any atom is 0.417 e. The molecule has 2 aromatic carbocycles. The van der Waals surface area contributed by atoms with E-state index in [2.05, 4.69) is 22.6 Å². The summed E-state index contributed by atoms with van der Waals surface area (Å²) in [4.78, 5) is 27.7. The first-order valence-corrected chi connectivity index (χ1v) is 10.3. The highest BCUT2D eigenvalue weighted by atomic mass is 127. The van der Waals surface area contributed by atoms with E-state index in [1.807, 2.05) is 61.5 Å². The summed E-state index contributed by atoms with van der Waals surface area (Å²) < 4.78 is 6.37. The van der Waals surface area contributed by atoms with Gasteiger partial charge in [0.1, 0.15) is 5.60 Å². The summed E-state index contributed by atoms with van der Waals surface area (Å²) in [6, 6.07) is 16.6. The summed E-state index contributed by atoms with van der Waals surface area (Å²) in [6.45, 7) is 7.26. The quantitative estimate of drug-likeness (QED) is 0.389. The fraction of sp³-hybridized carbons (Fsp3) is 0.304. The molecular formula is C23H26INO3. The Balaban J connectivity index is 2.46. The second kappa shape index (κ2) is 9.87. The van der Waals surface area contributed by atoms with Gasteiger partial charge in [-0.25, -0.2) is 9.69 Å². The zero-order valence-corrected chi connectivity index (χ0v) is 18.8. The number of halogens is 1. The summed E-state index contributed by atoms with van der Waals surface area (Å²) in [5.41, 5.74) is 0.818. The number of hydrogen-bond donors (Lipinski definition) is 0. The van der Waals surface area contributed by atoms with E-state index >= 15 is 0 Å². The van der Waals surface area contributed by atoms with Crippen molar-refractivity contribution in [3.8, 4) is 0 Å². The third-order valence-corrected chi connectivity index (χ3v) is 4.89. The molecule has 0 bridgehead atoms. The molecule has 2 rings (SSSR count). The van der Waals surface area contributed by atoms with Crippen LogP contribution in [0.4, 0.5) is 4.79 Å². The van der Waals surface area contributed by atoms with E-state index in [-0.39, 0.29) is 5.91 Å². The maximum absolute atomic E-state index is 13.4. The van der Waals surface area contributed by atoms with Gasteiger partial charge in [-0.2, -0.15) is 0 Å². The molecule has 0 aliphatic carbocycles. The molecule has 0 unspecified atom stereocenters. The minimum absolute atomic E-state index is 0.363. The van der Waals surface area contributed by atoms with Gasteiger partial charge in [0.05, 0.1) is 11.6 Å². The van der Waals surface area contributed by atoms with Crippen molar-refractivity contribution < 1.29 is 14.3 Å². The lowest BCUT2D eigenvalue weighted by Crippen LogP contribution is -2.47. The van der Waals surface area contributed by atoms with Crippen LogP contribution in [0, 0.1) is 3.57 Å². The van der Waals surface area contributed by atoms with E-state index in [0.29, 0.717) is 12.0 Å². The first kappa shape index (κ1) is 22.1. The molecule has 1 atom stereocenters. The Morgan fingerprint density at radius 3 is 2.25 bits per heavy atom. The maximum atomic E-state index is 13.4. The van der Waals surface area contributed by atoms with Gasteiger partial charge in [0.2, 0.25) is 0 Å². The second-order valence-electron chi connectivity index (χ2n) is 7.42. The van der Waals surface area contributed by atoms with E-state index < -0.39 is 17.7 Å². The SMILES string of the molecule is C/C=C\[C@H](Cc1ccccc1)N(C(=O)OC(C)(C)C)C(=O)c1ccccc1I. The standard InChI is InChI=1S/C23H26INO3/c1-5-11-18(16-17-12-7-6-8-13-17)25(22(27)28-23(2,3)4)21(26)19-14-9-10-15-20(19)24/h5-15,18H,16H2,1-4H3/b11-5-/t18-/m1/s1. The highest BCUT2D eigenvalue weighted by Gasteiger charge is 2.33. The Labute approximate surface area is 180 Å². The van der Waals surface area contributed by atoms with Gasteiger partial charge in [-0.3, -0.25) is 4.79 Å². The molecular weight excluding hydrogens is 465 g/mol. The molecule has 148 valence electrons. The van der Waals surface area contributed by atoms with Crippen molar-refractivity contribution >= 4 is 34.6 Å². The molecule has 0 saturated carbocycles. The predicted molar refractivity (Wildman–Crippen MR) is 120 cm³/mol. The lowest BCUT2D eigenvalue weighted by molar-refractivity contribution is 0.0197. The minimum Gasteiger partial charge on any atom is -0.443 e. The molecule has 4 nitrogen and oxygen atoms in total. The fourth-order valence-electron chi connectivity index (χ4n) is 2.77. The number of allylic oxidation sites excluding steroid dienone is 1. The first-order chi connectivity index (χ1) is 13.2. The van der Waals surface area contributed by atoms with Crippen LogP contribution in [0.3, 0.4) is 0 Å². The number of rotatable bonds is 5. The lowest BCUT2D eigenvalue weighted by atomic mass is 10.0. The number of nitrogens with zero attached hydrogens (tertiary/aromatic N) is 1. The average molecular weight is 491 g/mol. The van der Waals surface area contributed by atoms with Crippen LogP contribution in [0.1, 0.15) is 43.6 Å². The Kier molecular flexibility index (Phi) is 7.80. The van der Waals surface area contributed by atoms with Gasteiger partial charge in [-0.05, 0) is 74.4 Å². The van der Waals surface area contributed by atoms with Crippen molar-refractivity contribution in [2.45, 2.75) is 45.8 Å². The molecule has 0 saturated heterocycles. The number of hydrogen-bond acceptors (Lipinski definition) is 3. The Bertz CT molecular complexity index is 840. The normalized spacial score (nSPS) is 12.6. The summed E-state index contributed by atoms with van der Waals surface area (Å²) >= 11 is 2.11. The number of carbonyl (C=O) groups excluding carboxylic acids is 2. The highest BCUT2D eigenvalue weighted by Crippen LogP contribution is 2.21. The fourth-order valence-corrected chi connectivity index (χ4v) is 3.39. The lowest BCUT2D eigenvalue weighted by Gasteiger charge is -2.31. The number of imide groups is 1. The molecule has 0 fully saturated rings. The predicted octanol–water partition coefficient (Wildman–Crippen LogP) is 5.86. The van der Waals surface area contributed by atoms with Crippen molar-refractivity contribution in [3.63, 3.8) is 0 Å². The van der Waals surface area contributed by atoms with Crippen molar-refractivity contribution in [2.24, 2.45) is 0 Å². The van der Waals surface area contributed by atoms with Crippen molar-refractivity contribution in [1.82, 2.24) is 4.90 Å². The third-order valence-electron chi connectivity index (χ3n) is 3.95. The average Bonchev–Trinajstić information content (AvgIpc) is 2.61. The third kappa shape index (κ3) is 6.19. The van der Waals surface area contributed by atoms with E-state index in [1.54, 1.807) is 32.9 Å². The zero-order valence-electron chi connectivity index (χ0n) is 16.7. The summed E-state index contributed by atoms with van der Waals surface area (Å²) in [6.07, 6.45) is 3.59. The zero-order chi connectivity index (χ0) is 20.7. The van der Waals surface area contributed by atoms with Crippen molar-refractivity contribution in [2.75, 3.05) is 0 Å². The number of ether oxygens (including phenoxy) is 1. The molecule has 5 heteroatoms. The largest absolute Gasteiger partial charge is 0.443 e. The molecule has 2 aromatic rings. The van der Waals surface area contributed by atoms with Crippen LogP contribution < -0.4 is 0 Å². The van der Waals surface area contributed by atoms with Gasteiger partial charge in [-0.1, -0.05) is 54.6 Å². The molecule has 0 aromatic heterocycles. The van der Waals surface area contributed by atoms with Crippen LogP contribution in [0.25, 0.3) is 0 Å². The van der Waals surface area contributed by atoms with Gasteiger partial charge in [0.15, 0.2) is 0 Å².